The molecule has 1 atom stereocenters. The summed E-state index contributed by atoms with van der Waals surface area (Å²) in [5.41, 5.74) is 0.201. The van der Waals surface area contributed by atoms with Crippen molar-refractivity contribution in [2.45, 2.75) is 26.4 Å². The lowest BCUT2D eigenvalue weighted by molar-refractivity contribution is -0.159. The van der Waals surface area contributed by atoms with Gasteiger partial charge in [-0.05, 0) is 44.0 Å². The molecule has 16 heavy (non-hydrogen) atoms. The monoisotopic (exact) mass is 224 g/mol. The Bertz CT molecular complexity index is 376. The normalized spacial score (nSPS) is 14.2. The summed E-state index contributed by atoms with van der Waals surface area (Å²) in [6, 6.07) is 5.58. The van der Waals surface area contributed by atoms with Gasteiger partial charge in [-0.25, -0.2) is 4.79 Å². The van der Waals surface area contributed by atoms with E-state index in [1.165, 1.54) is 6.92 Å². The molecule has 0 fully saturated rings. The topological polar surface area (TPSA) is 66.8 Å². The molecule has 4 heteroatoms. The predicted molar refractivity (Wildman–Crippen MR) is 59.7 cm³/mol. The minimum absolute atomic E-state index is 0.273. The molecular weight excluding hydrogens is 208 g/mol. The average Bonchev–Trinajstić information content (AvgIpc) is 2.13. The van der Waals surface area contributed by atoms with Crippen LogP contribution in [0.5, 0.6) is 5.75 Å². The van der Waals surface area contributed by atoms with Crippen LogP contribution < -0.4 is 4.74 Å². The summed E-state index contributed by atoms with van der Waals surface area (Å²) >= 11 is 0. The number of ether oxygens (including phenoxy) is 1. The number of carbonyl (C=O) groups is 1. The van der Waals surface area contributed by atoms with Crippen molar-refractivity contribution < 1.29 is 19.7 Å². The van der Waals surface area contributed by atoms with Crippen LogP contribution in [0.2, 0.25) is 0 Å². The van der Waals surface area contributed by atoms with E-state index in [0.717, 1.165) is 11.1 Å². The lowest BCUT2D eigenvalue weighted by Gasteiger charge is -2.18. The fourth-order valence-corrected chi connectivity index (χ4v) is 1.30. The minimum atomic E-state index is -1.86. The summed E-state index contributed by atoms with van der Waals surface area (Å²) in [7, 11) is 0. The Kier molecular flexibility index (Phi) is 3.55. The summed E-state index contributed by atoms with van der Waals surface area (Å²) in [4.78, 5) is 10.6. The first kappa shape index (κ1) is 12.5. The van der Waals surface area contributed by atoms with Gasteiger partial charge in [0.1, 0.15) is 12.4 Å². The van der Waals surface area contributed by atoms with Crippen LogP contribution in [0.15, 0.2) is 18.2 Å². The molecule has 2 N–H and O–H groups in total. The Labute approximate surface area is 94.5 Å². The maximum absolute atomic E-state index is 10.6. The zero-order valence-electron chi connectivity index (χ0n) is 9.65. The molecule has 1 rings (SSSR count). The fraction of sp³-hybridized carbons (Fsp3) is 0.417. The van der Waals surface area contributed by atoms with Gasteiger partial charge in [0, 0.05) is 0 Å². The largest absolute Gasteiger partial charge is 0.490 e. The smallest absolute Gasteiger partial charge is 0.339 e. The first-order valence-corrected chi connectivity index (χ1v) is 4.98. The number of benzene rings is 1. The Morgan fingerprint density at radius 2 is 1.81 bits per heavy atom. The predicted octanol–water partition coefficient (Wildman–Crippen LogP) is 1.52. The van der Waals surface area contributed by atoms with E-state index in [9.17, 15) is 9.90 Å². The molecule has 0 aliphatic carbocycles. The quantitative estimate of drug-likeness (QED) is 0.813. The number of aryl methyl sites for hydroxylation is 2. The Morgan fingerprint density at radius 3 is 2.25 bits per heavy atom. The van der Waals surface area contributed by atoms with Crippen LogP contribution in [0.1, 0.15) is 18.1 Å². The van der Waals surface area contributed by atoms with E-state index in [1.807, 2.05) is 19.9 Å². The zero-order valence-corrected chi connectivity index (χ0v) is 9.65. The third-order valence-corrected chi connectivity index (χ3v) is 2.18. The second-order valence-corrected chi connectivity index (χ2v) is 4.19. The second-order valence-electron chi connectivity index (χ2n) is 4.19. The molecule has 0 aliphatic rings. The van der Waals surface area contributed by atoms with Gasteiger partial charge in [-0.3, -0.25) is 0 Å². The fourth-order valence-electron chi connectivity index (χ4n) is 1.30. The van der Waals surface area contributed by atoms with E-state index in [4.69, 9.17) is 9.84 Å². The Hall–Kier alpha value is -1.55. The molecule has 1 aromatic rings. The van der Waals surface area contributed by atoms with Gasteiger partial charge in [-0.15, -0.1) is 0 Å². The van der Waals surface area contributed by atoms with Crippen LogP contribution in [0.4, 0.5) is 0 Å². The van der Waals surface area contributed by atoms with E-state index in [1.54, 1.807) is 12.1 Å². The van der Waals surface area contributed by atoms with E-state index >= 15 is 0 Å². The zero-order chi connectivity index (χ0) is 12.3. The number of hydrogen-bond acceptors (Lipinski definition) is 3. The van der Waals surface area contributed by atoms with Crippen LogP contribution >= 0.6 is 0 Å². The molecule has 1 unspecified atom stereocenters. The molecule has 4 nitrogen and oxygen atoms in total. The highest BCUT2D eigenvalue weighted by Gasteiger charge is 2.30. The number of hydrogen-bond donors (Lipinski definition) is 2. The summed E-state index contributed by atoms with van der Waals surface area (Å²) in [6.07, 6.45) is 0. The maximum atomic E-state index is 10.6. The summed E-state index contributed by atoms with van der Waals surface area (Å²) < 4.78 is 5.26. The summed E-state index contributed by atoms with van der Waals surface area (Å²) in [5, 5.41) is 18.2. The highest BCUT2D eigenvalue weighted by atomic mass is 16.5. The standard InChI is InChI=1S/C12H16O4/c1-8-4-9(2)6-10(5-8)16-7-12(3,15)11(13)14/h4-6,15H,7H2,1-3H3,(H,13,14). The van der Waals surface area contributed by atoms with E-state index < -0.39 is 11.6 Å². The van der Waals surface area contributed by atoms with E-state index in [0.29, 0.717) is 5.75 Å². The van der Waals surface area contributed by atoms with Gasteiger partial charge in [0.15, 0.2) is 5.60 Å². The van der Waals surface area contributed by atoms with Crippen molar-refractivity contribution in [1.82, 2.24) is 0 Å². The number of aliphatic hydroxyl groups is 1. The van der Waals surface area contributed by atoms with Crippen LogP contribution in [0.25, 0.3) is 0 Å². The SMILES string of the molecule is Cc1cc(C)cc(OCC(C)(O)C(=O)O)c1. The summed E-state index contributed by atoms with van der Waals surface area (Å²) in [5.74, 6) is -0.726. The van der Waals surface area contributed by atoms with Crippen molar-refractivity contribution in [2.75, 3.05) is 6.61 Å². The van der Waals surface area contributed by atoms with Crippen LogP contribution in [-0.2, 0) is 4.79 Å². The van der Waals surface area contributed by atoms with Crippen LogP contribution in [0, 0.1) is 13.8 Å². The Balaban J connectivity index is 2.71. The number of aliphatic carboxylic acids is 1. The maximum Gasteiger partial charge on any atom is 0.339 e. The van der Waals surface area contributed by atoms with Crippen LogP contribution in [0.3, 0.4) is 0 Å². The third-order valence-electron chi connectivity index (χ3n) is 2.18. The van der Waals surface area contributed by atoms with Crippen molar-refractivity contribution in [3.63, 3.8) is 0 Å². The second kappa shape index (κ2) is 4.53. The third kappa shape index (κ3) is 3.24. The van der Waals surface area contributed by atoms with Crippen molar-refractivity contribution in [2.24, 2.45) is 0 Å². The molecule has 0 aliphatic heterocycles. The first-order chi connectivity index (χ1) is 7.31. The van der Waals surface area contributed by atoms with Crippen molar-refractivity contribution >= 4 is 5.97 Å². The van der Waals surface area contributed by atoms with Crippen molar-refractivity contribution in [3.05, 3.63) is 29.3 Å². The van der Waals surface area contributed by atoms with Gasteiger partial charge in [-0.2, -0.15) is 0 Å². The van der Waals surface area contributed by atoms with Gasteiger partial charge in [0.2, 0.25) is 0 Å². The summed E-state index contributed by atoms with van der Waals surface area (Å²) in [6.45, 7) is 4.79. The van der Waals surface area contributed by atoms with E-state index in [2.05, 4.69) is 0 Å². The van der Waals surface area contributed by atoms with E-state index in [-0.39, 0.29) is 6.61 Å². The van der Waals surface area contributed by atoms with Crippen LogP contribution in [-0.4, -0.2) is 28.4 Å². The molecule has 88 valence electrons. The van der Waals surface area contributed by atoms with Gasteiger partial charge < -0.3 is 14.9 Å². The molecule has 0 spiro atoms. The lowest BCUT2D eigenvalue weighted by atomic mass is 10.1. The van der Waals surface area contributed by atoms with Gasteiger partial charge in [0.25, 0.3) is 0 Å². The number of carboxylic acids is 1. The number of carboxylic acid groups (broad SMARTS) is 1. The molecule has 1 aromatic carbocycles. The molecule has 0 radical (unpaired) electrons. The highest BCUT2D eigenvalue weighted by Crippen LogP contribution is 2.17. The molecule has 0 bridgehead atoms. The van der Waals surface area contributed by atoms with Gasteiger partial charge in [0.05, 0.1) is 0 Å². The van der Waals surface area contributed by atoms with Crippen molar-refractivity contribution in [3.8, 4) is 5.75 Å². The lowest BCUT2D eigenvalue weighted by Crippen LogP contribution is -2.41. The van der Waals surface area contributed by atoms with Gasteiger partial charge >= 0.3 is 5.97 Å². The molecular formula is C12H16O4. The molecule has 0 saturated carbocycles. The molecule has 0 saturated heterocycles. The number of rotatable bonds is 4. The molecule has 0 heterocycles. The average molecular weight is 224 g/mol. The van der Waals surface area contributed by atoms with Gasteiger partial charge in [-0.1, -0.05) is 6.07 Å². The highest BCUT2D eigenvalue weighted by molar-refractivity contribution is 5.76. The van der Waals surface area contributed by atoms with Crippen molar-refractivity contribution in [1.29, 1.82) is 0 Å². The Morgan fingerprint density at radius 1 is 1.31 bits per heavy atom. The minimum Gasteiger partial charge on any atom is -0.490 e. The molecule has 0 amide bonds. The first-order valence-electron chi connectivity index (χ1n) is 4.98. The molecule has 0 aromatic heterocycles.